The molecule has 4 rings (SSSR count). The van der Waals surface area contributed by atoms with Crippen LogP contribution in [0, 0.1) is 5.92 Å². The fourth-order valence-corrected chi connectivity index (χ4v) is 4.01. The first-order valence-corrected chi connectivity index (χ1v) is 11.3. The first-order chi connectivity index (χ1) is 15.2. The van der Waals surface area contributed by atoms with E-state index in [1.54, 1.807) is 0 Å². The second-order valence-corrected chi connectivity index (χ2v) is 8.19. The van der Waals surface area contributed by atoms with Crippen molar-refractivity contribution >= 4 is 17.4 Å². The van der Waals surface area contributed by atoms with Crippen molar-refractivity contribution in [1.82, 2.24) is 10.2 Å². The third-order valence-electron chi connectivity index (χ3n) is 5.95. The van der Waals surface area contributed by atoms with E-state index in [1.165, 1.54) is 18.4 Å². The number of anilines is 2. The Hall–Kier alpha value is -3.21. The molecule has 5 heteroatoms. The number of nitrogens with one attached hydrogen (secondary N) is 1. The van der Waals surface area contributed by atoms with Crippen molar-refractivity contribution in [3.8, 4) is 11.3 Å². The summed E-state index contributed by atoms with van der Waals surface area (Å²) in [4.78, 5) is 14.9. The van der Waals surface area contributed by atoms with Crippen molar-refractivity contribution < 1.29 is 4.79 Å². The zero-order valence-electron chi connectivity index (χ0n) is 18.1. The number of hydrogen-bond donors (Lipinski definition) is 1. The summed E-state index contributed by atoms with van der Waals surface area (Å²) < 4.78 is 0. The van der Waals surface area contributed by atoms with E-state index in [2.05, 4.69) is 39.5 Å². The van der Waals surface area contributed by atoms with Gasteiger partial charge in [0.05, 0.1) is 5.69 Å². The van der Waals surface area contributed by atoms with Gasteiger partial charge in [0.25, 0.3) is 0 Å². The maximum absolute atomic E-state index is 12.7. The zero-order chi connectivity index (χ0) is 21.5. The molecule has 2 aromatic carbocycles. The Labute approximate surface area is 184 Å². The van der Waals surface area contributed by atoms with Crippen LogP contribution in [-0.4, -0.2) is 29.2 Å². The molecule has 1 fully saturated rings. The Morgan fingerprint density at radius 3 is 2.35 bits per heavy atom. The van der Waals surface area contributed by atoms with Crippen molar-refractivity contribution in [2.45, 2.75) is 39.0 Å². The highest BCUT2D eigenvalue weighted by Crippen LogP contribution is 2.24. The monoisotopic (exact) mass is 414 g/mol. The summed E-state index contributed by atoms with van der Waals surface area (Å²) in [5.41, 5.74) is 4.15. The molecule has 160 valence electrons. The third kappa shape index (κ3) is 5.48. The first-order valence-electron chi connectivity index (χ1n) is 11.3. The van der Waals surface area contributed by atoms with Crippen molar-refractivity contribution in [3.63, 3.8) is 0 Å². The van der Waals surface area contributed by atoms with Crippen LogP contribution in [0.3, 0.4) is 0 Å². The minimum atomic E-state index is 0.0348. The number of aryl methyl sites for hydroxylation is 1. The molecule has 0 aliphatic carbocycles. The third-order valence-corrected chi connectivity index (χ3v) is 5.95. The van der Waals surface area contributed by atoms with Crippen molar-refractivity contribution in [1.29, 1.82) is 0 Å². The van der Waals surface area contributed by atoms with Crippen LogP contribution < -0.4 is 10.2 Å². The molecule has 0 radical (unpaired) electrons. The van der Waals surface area contributed by atoms with Gasteiger partial charge in [0.15, 0.2) is 5.82 Å². The number of rotatable bonds is 7. The fraction of sp³-hybridized carbons (Fsp3) is 0.346. The van der Waals surface area contributed by atoms with Crippen LogP contribution in [-0.2, 0) is 11.2 Å². The molecule has 1 saturated heterocycles. The second-order valence-electron chi connectivity index (χ2n) is 8.19. The van der Waals surface area contributed by atoms with E-state index in [9.17, 15) is 4.79 Å². The lowest BCUT2D eigenvalue weighted by molar-refractivity contribution is -0.120. The molecule has 0 spiro atoms. The molecular weight excluding hydrogens is 384 g/mol. The van der Waals surface area contributed by atoms with Crippen molar-refractivity contribution in [2.24, 2.45) is 5.92 Å². The molecule has 0 bridgehead atoms. The Bertz CT molecular complexity index is 963. The SMILES string of the molecule is CCCCc1ccc(NC(=O)C2CCN(c3ccc(-c4ccccc4)nn3)CC2)cc1. The Balaban J connectivity index is 1.28. The summed E-state index contributed by atoms with van der Waals surface area (Å²) in [6.45, 7) is 3.83. The molecule has 1 aliphatic heterocycles. The summed E-state index contributed by atoms with van der Waals surface area (Å²) in [6, 6.07) is 22.4. The van der Waals surface area contributed by atoms with Gasteiger partial charge in [-0.25, -0.2) is 0 Å². The van der Waals surface area contributed by atoms with Crippen LogP contribution >= 0.6 is 0 Å². The number of aromatic nitrogens is 2. The predicted octanol–water partition coefficient (Wildman–Crippen LogP) is 5.34. The van der Waals surface area contributed by atoms with Crippen LogP contribution in [0.1, 0.15) is 38.2 Å². The minimum Gasteiger partial charge on any atom is -0.355 e. The lowest BCUT2D eigenvalue weighted by Gasteiger charge is -2.31. The van der Waals surface area contributed by atoms with E-state index in [1.807, 2.05) is 54.6 Å². The van der Waals surface area contributed by atoms with Crippen LogP contribution in [0.25, 0.3) is 11.3 Å². The molecule has 3 aromatic rings. The highest BCUT2D eigenvalue weighted by Gasteiger charge is 2.26. The van der Waals surface area contributed by atoms with Gasteiger partial charge in [0.1, 0.15) is 0 Å². The normalized spacial score (nSPS) is 14.4. The maximum atomic E-state index is 12.7. The highest BCUT2D eigenvalue weighted by molar-refractivity contribution is 5.92. The lowest BCUT2D eigenvalue weighted by atomic mass is 9.95. The number of benzene rings is 2. The molecule has 1 N–H and O–H groups in total. The molecule has 2 heterocycles. The standard InChI is InChI=1S/C26H30N4O/c1-2-3-7-20-10-12-23(13-11-20)27-26(31)22-16-18-30(19-17-22)25-15-14-24(28-29-25)21-8-5-4-6-9-21/h4-6,8-15,22H,2-3,7,16-19H2,1H3,(H,27,31). The number of carbonyl (C=O) groups is 1. The summed E-state index contributed by atoms with van der Waals surface area (Å²) in [5.74, 6) is 1.03. The van der Waals surface area contributed by atoms with Crippen molar-refractivity contribution in [2.75, 3.05) is 23.3 Å². The molecule has 0 saturated carbocycles. The summed E-state index contributed by atoms with van der Waals surface area (Å²) in [7, 11) is 0. The van der Waals surface area contributed by atoms with Gasteiger partial charge in [-0.2, -0.15) is 0 Å². The lowest BCUT2D eigenvalue weighted by Crippen LogP contribution is -2.38. The number of amides is 1. The largest absolute Gasteiger partial charge is 0.355 e. The van der Waals surface area contributed by atoms with Crippen LogP contribution in [0.4, 0.5) is 11.5 Å². The molecule has 5 nitrogen and oxygen atoms in total. The van der Waals surface area contributed by atoms with E-state index >= 15 is 0 Å². The summed E-state index contributed by atoms with van der Waals surface area (Å²) in [6.07, 6.45) is 5.13. The zero-order valence-corrected chi connectivity index (χ0v) is 18.1. The highest BCUT2D eigenvalue weighted by atomic mass is 16.1. The molecule has 1 aliphatic rings. The number of carbonyl (C=O) groups excluding carboxylic acids is 1. The van der Waals surface area contributed by atoms with Gasteiger partial charge in [-0.3, -0.25) is 4.79 Å². The average molecular weight is 415 g/mol. The second kappa shape index (κ2) is 10.2. The molecule has 1 aromatic heterocycles. The van der Waals surface area contributed by atoms with E-state index in [0.717, 1.165) is 55.1 Å². The summed E-state index contributed by atoms with van der Waals surface area (Å²) >= 11 is 0. The number of piperidine rings is 1. The van der Waals surface area contributed by atoms with Gasteiger partial charge in [-0.15, -0.1) is 10.2 Å². The van der Waals surface area contributed by atoms with E-state index in [4.69, 9.17) is 0 Å². The molecule has 31 heavy (non-hydrogen) atoms. The van der Waals surface area contributed by atoms with Gasteiger partial charge in [0, 0.05) is 30.3 Å². The Morgan fingerprint density at radius 2 is 1.71 bits per heavy atom. The summed E-state index contributed by atoms with van der Waals surface area (Å²) in [5, 5.41) is 11.9. The van der Waals surface area contributed by atoms with Gasteiger partial charge in [-0.05, 0) is 55.5 Å². The van der Waals surface area contributed by atoms with E-state index in [0.29, 0.717) is 0 Å². The molecular formula is C26H30N4O. The van der Waals surface area contributed by atoms with E-state index < -0.39 is 0 Å². The predicted molar refractivity (Wildman–Crippen MR) is 126 cm³/mol. The number of unbranched alkanes of at least 4 members (excludes halogenated alkanes) is 1. The Morgan fingerprint density at radius 1 is 0.968 bits per heavy atom. The topological polar surface area (TPSA) is 58.1 Å². The fourth-order valence-electron chi connectivity index (χ4n) is 4.01. The molecule has 0 atom stereocenters. The smallest absolute Gasteiger partial charge is 0.227 e. The van der Waals surface area contributed by atoms with Crippen LogP contribution in [0.15, 0.2) is 66.7 Å². The number of hydrogen-bond acceptors (Lipinski definition) is 4. The van der Waals surface area contributed by atoms with Crippen LogP contribution in [0.5, 0.6) is 0 Å². The number of nitrogens with zero attached hydrogens (tertiary/aromatic N) is 3. The first kappa shape index (κ1) is 21.0. The minimum absolute atomic E-state index is 0.0348. The Kier molecular flexibility index (Phi) is 6.92. The maximum Gasteiger partial charge on any atom is 0.227 e. The van der Waals surface area contributed by atoms with Crippen molar-refractivity contribution in [3.05, 3.63) is 72.3 Å². The van der Waals surface area contributed by atoms with Gasteiger partial charge in [-0.1, -0.05) is 55.8 Å². The average Bonchev–Trinajstić information content (AvgIpc) is 2.84. The molecule has 1 amide bonds. The van der Waals surface area contributed by atoms with Crippen LogP contribution in [0.2, 0.25) is 0 Å². The van der Waals surface area contributed by atoms with Gasteiger partial charge >= 0.3 is 0 Å². The van der Waals surface area contributed by atoms with Gasteiger partial charge < -0.3 is 10.2 Å². The molecule has 0 unspecified atom stereocenters. The van der Waals surface area contributed by atoms with Gasteiger partial charge in [0.2, 0.25) is 5.91 Å². The quantitative estimate of drug-likeness (QED) is 0.567. The van der Waals surface area contributed by atoms with E-state index in [-0.39, 0.29) is 11.8 Å².